The highest BCUT2D eigenvalue weighted by molar-refractivity contribution is 5.94. The number of esters is 2. The molecular weight excluding hydrogens is 698 g/mol. The van der Waals surface area contributed by atoms with Crippen molar-refractivity contribution in [3.63, 3.8) is 0 Å². The van der Waals surface area contributed by atoms with Gasteiger partial charge in [0.2, 0.25) is 5.91 Å². The fourth-order valence-electron chi connectivity index (χ4n) is 9.11. The van der Waals surface area contributed by atoms with Gasteiger partial charge in [0.15, 0.2) is 11.9 Å². The summed E-state index contributed by atoms with van der Waals surface area (Å²) in [6.45, 7) is 8.96. The second-order valence-corrected chi connectivity index (χ2v) is 15.8. The molecule has 0 aromatic heterocycles. The number of benzene rings is 2. The molecular formula is C41H49NO12. The van der Waals surface area contributed by atoms with Crippen molar-refractivity contribution >= 4 is 23.6 Å². The molecule has 1 aliphatic heterocycles. The Labute approximate surface area is 313 Å². The Morgan fingerprint density at radius 2 is 1.59 bits per heavy atom. The fraction of sp³-hybridized carbons (Fsp3) is 0.512. The second-order valence-electron chi connectivity index (χ2n) is 15.8. The van der Waals surface area contributed by atoms with Gasteiger partial charge in [0.1, 0.15) is 29.5 Å². The standard InChI is InChI=1S/C41H49NO12/c1-7-21(2)35(47)42-29(23-14-10-8-11-15-23)31(45)37(49)53-25-19-41(51)34(54-36(48)24-16-12-9-13-17-24)32-39(6,26(43)18-27-40(32,50)20-52-27)33(46)30(44)28(22(25)3)38(41,4)5/h7-17,25-27,29-32,34,43-45,50-51H,18-20H2,1-6H3,(H,42,47)/b21-7+/t25?,26?,27?,29?,30?,31?,32?,34?,39-,40?,41?/m1/s1. The molecule has 3 fully saturated rings. The summed E-state index contributed by atoms with van der Waals surface area (Å²) in [7, 11) is 0. The topological polar surface area (TPSA) is 209 Å². The van der Waals surface area contributed by atoms with Crippen LogP contribution in [0.25, 0.3) is 0 Å². The lowest BCUT2D eigenvalue weighted by Crippen LogP contribution is -2.81. The molecule has 2 aromatic carbocycles. The Balaban J connectivity index is 1.47. The van der Waals surface area contributed by atoms with Crippen LogP contribution in [0.1, 0.15) is 76.3 Å². The van der Waals surface area contributed by atoms with E-state index in [0.717, 1.165) is 0 Å². The Morgan fingerprint density at radius 1 is 0.981 bits per heavy atom. The third kappa shape index (κ3) is 6.02. The van der Waals surface area contributed by atoms with Crippen molar-refractivity contribution in [1.29, 1.82) is 0 Å². The summed E-state index contributed by atoms with van der Waals surface area (Å²) in [5, 5.41) is 63.3. The third-order valence-electron chi connectivity index (χ3n) is 12.7. The molecule has 2 aromatic rings. The number of fused-ring (bicyclic) bond motifs is 5. The number of allylic oxidation sites excluding steroid dienone is 1. The Morgan fingerprint density at radius 3 is 2.17 bits per heavy atom. The van der Waals surface area contributed by atoms with E-state index < -0.39 is 101 Å². The molecule has 4 aliphatic rings. The van der Waals surface area contributed by atoms with Gasteiger partial charge in [-0.25, -0.2) is 9.59 Å². The maximum Gasteiger partial charge on any atom is 0.338 e. The van der Waals surface area contributed by atoms with E-state index in [4.69, 9.17) is 14.2 Å². The highest BCUT2D eigenvalue weighted by atomic mass is 16.6. The van der Waals surface area contributed by atoms with Gasteiger partial charge in [0, 0.05) is 29.7 Å². The lowest BCUT2D eigenvalue weighted by Gasteiger charge is -2.66. The predicted molar refractivity (Wildman–Crippen MR) is 192 cm³/mol. The van der Waals surface area contributed by atoms with E-state index in [2.05, 4.69) is 5.32 Å². The number of hydrogen-bond acceptors (Lipinski definition) is 12. The number of Topliss-reactive ketones (excluding diaryl/α,β-unsaturated/α-hetero) is 1. The van der Waals surface area contributed by atoms with Crippen LogP contribution < -0.4 is 5.32 Å². The van der Waals surface area contributed by atoms with E-state index in [1.165, 1.54) is 26.0 Å². The maximum atomic E-state index is 14.7. The van der Waals surface area contributed by atoms with Crippen LogP contribution in [0, 0.1) is 16.7 Å². The van der Waals surface area contributed by atoms with Gasteiger partial charge in [0.25, 0.3) is 0 Å². The number of ketones is 1. The predicted octanol–water partition coefficient (Wildman–Crippen LogP) is 2.25. The number of carbonyl (C=O) groups excluding carboxylic acids is 4. The molecule has 2 saturated carbocycles. The first kappa shape index (κ1) is 39.5. The fourth-order valence-corrected chi connectivity index (χ4v) is 9.11. The van der Waals surface area contributed by atoms with Crippen LogP contribution in [0.15, 0.2) is 83.5 Å². The highest BCUT2D eigenvalue weighted by Crippen LogP contribution is 2.63. The molecule has 6 rings (SSSR count). The van der Waals surface area contributed by atoms with Crippen molar-refractivity contribution < 1.29 is 58.9 Å². The number of nitrogens with one attached hydrogen (secondary N) is 1. The largest absolute Gasteiger partial charge is 0.456 e. The van der Waals surface area contributed by atoms with Crippen LogP contribution in [0.3, 0.4) is 0 Å². The molecule has 13 nitrogen and oxygen atoms in total. The number of rotatable bonds is 8. The minimum absolute atomic E-state index is 0.0308. The van der Waals surface area contributed by atoms with Crippen LogP contribution in [0.4, 0.5) is 0 Å². The molecule has 54 heavy (non-hydrogen) atoms. The summed E-state index contributed by atoms with van der Waals surface area (Å²) in [6.07, 6.45) is -8.63. The van der Waals surface area contributed by atoms with Gasteiger partial charge < -0.3 is 45.1 Å². The summed E-state index contributed by atoms with van der Waals surface area (Å²) in [5.41, 5.74) is -6.72. The lowest BCUT2D eigenvalue weighted by molar-refractivity contribution is -0.343. The van der Waals surface area contributed by atoms with Gasteiger partial charge in [0.05, 0.1) is 35.8 Å². The molecule has 0 radical (unpaired) electrons. The van der Waals surface area contributed by atoms with Gasteiger partial charge in [-0.1, -0.05) is 68.5 Å². The summed E-state index contributed by atoms with van der Waals surface area (Å²) in [5.74, 6) is -5.02. The normalized spacial score (nSPS) is 35.5. The van der Waals surface area contributed by atoms with Crippen molar-refractivity contribution in [3.8, 4) is 0 Å². The molecule has 13 heteroatoms. The summed E-state index contributed by atoms with van der Waals surface area (Å²) >= 11 is 0. The van der Waals surface area contributed by atoms with E-state index in [1.54, 1.807) is 82.3 Å². The smallest absolute Gasteiger partial charge is 0.338 e. The van der Waals surface area contributed by atoms with Gasteiger partial charge in [-0.2, -0.15) is 0 Å². The number of aliphatic hydroxyl groups excluding tert-OH is 3. The van der Waals surface area contributed by atoms with Gasteiger partial charge >= 0.3 is 11.9 Å². The first-order valence-electron chi connectivity index (χ1n) is 18.2. The Hall–Kier alpha value is -4.24. The van der Waals surface area contributed by atoms with Crippen LogP contribution in [0.5, 0.6) is 0 Å². The van der Waals surface area contributed by atoms with Crippen LogP contribution in [-0.2, 0) is 28.6 Å². The average Bonchev–Trinajstić information content (AvgIpc) is 3.15. The summed E-state index contributed by atoms with van der Waals surface area (Å²) in [6, 6.07) is 15.0. The highest BCUT2D eigenvalue weighted by Gasteiger charge is 2.76. The summed E-state index contributed by atoms with van der Waals surface area (Å²) < 4.78 is 17.8. The molecule has 3 aliphatic carbocycles. The Kier molecular flexibility index (Phi) is 10.3. The van der Waals surface area contributed by atoms with E-state index in [0.29, 0.717) is 11.1 Å². The van der Waals surface area contributed by atoms with Crippen LogP contribution >= 0.6 is 0 Å². The number of amides is 1. The van der Waals surface area contributed by atoms with Crippen molar-refractivity contribution in [2.75, 3.05) is 6.61 Å². The maximum absolute atomic E-state index is 14.7. The van der Waals surface area contributed by atoms with Crippen molar-refractivity contribution in [1.82, 2.24) is 5.32 Å². The zero-order valence-electron chi connectivity index (χ0n) is 31.2. The molecule has 10 unspecified atom stereocenters. The molecule has 6 N–H and O–H groups in total. The van der Waals surface area contributed by atoms with Crippen molar-refractivity contribution in [2.45, 2.75) is 108 Å². The summed E-state index contributed by atoms with van der Waals surface area (Å²) in [4.78, 5) is 55.5. The number of hydrogen-bond donors (Lipinski definition) is 6. The van der Waals surface area contributed by atoms with E-state index >= 15 is 0 Å². The monoisotopic (exact) mass is 747 g/mol. The van der Waals surface area contributed by atoms with E-state index in [1.807, 2.05) is 0 Å². The third-order valence-corrected chi connectivity index (χ3v) is 12.7. The first-order valence-corrected chi connectivity index (χ1v) is 18.2. The molecule has 0 spiro atoms. The zero-order chi connectivity index (χ0) is 39.5. The van der Waals surface area contributed by atoms with Gasteiger partial charge in [-0.05, 0) is 56.5 Å². The quantitative estimate of drug-likeness (QED) is 0.131. The second kappa shape index (κ2) is 14.1. The molecule has 290 valence electrons. The molecule has 1 amide bonds. The van der Waals surface area contributed by atoms with Gasteiger partial charge in [-0.15, -0.1) is 0 Å². The zero-order valence-corrected chi connectivity index (χ0v) is 31.2. The minimum atomic E-state index is -2.29. The first-order chi connectivity index (χ1) is 25.3. The Bertz CT molecular complexity index is 1880. The van der Waals surface area contributed by atoms with Gasteiger partial charge in [-0.3, -0.25) is 9.59 Å². The van der Waals surface area contributed by atoms with E-state index in [9.17, 15) is 44.7 Å². The van der Waals surface area contributed by atoms with Crippen molar-refractivity contribution in [2.24, 2.45) is 16.7 Å². The molecule has 1 heterocycles. The van der Waals surface area contributed by atoms with Crippen LogP contribution in [0.2, 0.25) is 0 Å². The van der Waals surface area contributed by atoms with Crippen molar-refractivity contribution in [3.05, 3.63) is 94.6 Å². The SMILES string of the molecule is C/C=C(\C)C(=O)NC(c1ccccc1)C(O)C(=O)OC1CC2(O)C(OC(=O)c3ccccc3)C3C4(O)COC4CC(O)[C@@]3(C)C(=O)C(O)C(=C1C)C2(C)C. The number of ether oxygens (including phenoxy) is 3. The average molecular weight is 748 g/mol. The lowest BCUT2D eigenvalue weighted by atomic mass is 9.44. The molecule has 2 bridgehead atoms. The number of carbonyl (C=O) groups is 4. The number of aliphatic hydroxyl groups is 5. The van der Waals surface area contributed by atoms with Crippen LogP contribution in [-0.4, -0.2) is 104 Å². The van der Waals surface area contributed by atoms with E-state index in [-0.39, 0.29) is 29.7 Å². The minimum Gasteiger partial charge on any atom is -0.456 e. The molecule has 1 saturated heterocycles. The molecule has 11 atom stereocenters.